The van der Waals surface area contributed by atoms with Crippen molar-refractivity contribution in [1.82, 2.24) is 4.90 Å². The van der Waals surface area contributed by atoms with Crippen LogP contribution in [0.2, 0.25) is 0 Å². The Bertz CT molecular complexity index is 350. The van der Waals surface area contributed by atoms with E-state index in [0.29, 0.717) is 12.1 Å². The predicted octanol–water partition coefficient (Wildman–Crippen LogP) is 1.58. The number of nitrogens with two attached hydrogens (primary N) is 1. The SMILES string of the molecule is NCC1CCCN1C1Cc2ccccc2C1. The first kappa shape index (κ1) is 10.3. The highest BCUT2D eigenvalue weighted by Crippen LogP contribution is 2.29. The van der Waals surface area contributed by atoms with Gasteiger partial charge in [-0.3, -0.25) is 4.90 Å². The average molecular weight is 216 g/mol. The Kier molecular flexibility index (Phi) is 2.70. The zero-order chi connectivity index (χ0) is 11.0. The summed E-state index contributed by atoms with van der Waals surface area (Å²) in [5.41, 5.74) is 8.96. The summed E-state index contributed by atoms with van der Waals surface area (Å²) in [6, 6.07) is 10.2. The van der Waals surface area contributed by atoms with E-state index in [-0.39, 0.29) is 0 Å². The standard InChI is InChI=1S/C14H20N2/c15-10-13-6-3-7-16(13)14-8-11-4-1-2-5-12(11)9-14/h1-2,4-5,13-14H,3,6-10,15H2. The van der Waals surface area contributed by atoms with Gasteiger partial charge in [-0.2, -0.15) is 0 Å². The number of fused-ring (bicyclic) bond motifs is 1. The molecule has 86 valence electrons. The molecule has 0 aromatic heterocycles. The Morgan fingerprint density at radius 2 is 1.88 bits per heavy atom. The summed E-state index contributed by atoms with van der Waals surface area (Å²) < 4.78 is 0. The van der Waals surface area contributed by atoms with E-state index >= 15 is 0 Å². The third-order valence-electron chi connectivity index (χ3n) is 4.19. The Labute approximate surface area is 97.4 Å². The molecule has 0 bridgehead atoms. The lowest BCUT2D eigenvalue weighted by atomic mass is 10.1. The van der Waals surface area contributed by atoms with Crippen molar-refractivity contribution < 1.29 is 0 Å². The fraction of sp³-hybridized carbons (Fsp3) is 0.571. The first-order chi connectivity index (χ1) is 7.88. The van der Waals surface area contributed by atoms with Crippen molar-refractivity contribution in [3.05, 3.63) is 35.4 Å². The van der Waals surface area contributed by atoms with E-state index in [9.17, 15) is 0 Å². The fourth-order valence-electron chi connectivity index (χ4n) is 3.36. The minimum Gasteiger partial charge on any atom is -0.329 e. The molecule has 3 rings (SSSR count). The second-order valence-corrected chi connectivity index (χ2v) is 5.10. The molecule has 2 aliphatic rings. The summed E-state index contributed by atoms with van der Waals surface area (Å²) in [5.74, 6) is 0. The van der Waals surface area contributed by atoms with Crippen molar-refractivity contribution in [1.29, 1.82) is 0 Å². The summed E-state index contributed by atoms with van der Waals surface area (Å²) in [6.45, 7) is 2.08. The van der Waals surface area contributed by atoms with Gasteiger partial charge in [0.1, 0.15) is 0 Å². The van der Waals surface area contributed by atoms with Crippen molar-refractivity contribution in [2.45, 2.75) is 37.8 Å². The van der Waals surface area contributed by atoms with Crippen molar-refractivity contribution in [2.75, 3.05) is 13.1 Å². The molecule has 1 aliphatic carbocycles. The highest BCUT2D eigenvalue weighted by molar-refractivity contribution is 5.33. The molecule has 2 N–H and O–H groups in total. The quantitative estimate of drug-likeness (QED) is 0.813. The van der Waals surface area contributed by atoms with E-state index < -0.39 is 0 Å². The van der Waals surface area contributed by atoms with Crippen molar-refractivity contribution in [3.63, 3.8) is 0 Å². The minimum absolute atomic E-state index is 0.638. The Morgan fingerprint density at radius 1 is 1.19 bits per heavy atom. The van der Waals surface area contributed by atoms with Crippen LogP contribution in [0, 0.1) is 0 Å². The molecule has 1 atom stereocenters. The summed E-state index contributed by atoms with van der Waals surface area (Å²) in [5, 5.41) is 0. The van der Waals surface area contributed by atoms with Crippen LogP contribution >= 0.6 is 0 Å². The van der Waals surface area contributed by atoms with Crippen LogP contribution in [0.5, 0.6) is 0 Å². The predicted molar refractivity (Wildman–Crippen MR) is 66.4 cm³/mol. The number of benzene rings is 1. The van der Waals surface area contributed by atoms with Gasteiger partial charge in [0.15, 0.2) is 0 Å². The molecule has 1 fully saturated rings. The van der Waals surface area contributed by atoms with Gasteiger partial charge in [0.05, 0.1) is 0 Å². The molecule has 0 radical (unpaired) electrons. The van der Waals surface area contributed by atoms with Gasteiger partial charge in [-0.1, -0.05) is 24.3 Å². The molecule has 1 unspecified atom stereocenters. The van der Waals surface area contributed by atoms with Crippen LogP contribution < -0.4 is 5.73 Å². The van der Waals surface area contributed by atoms with Gasteiger partial charge < -0.3 is 5.73 Å². The van der Waals surface area contributed by atoms with Gasteiger partial charge in [-0.25, -0.2) is 0 Å². The largest absolute Gasteiger partial charge is 0.329 e. The number of rotatable bonds is 2. The molecule has 1 aromatic carbocycles. The first-order valence-electron chi connectivity index (χ1n) is 6.41. The smallest absolute Gasteiger partial charge is 0.0222 e. The molecular weight excluding hydrogens is 196 g/mol. The van der Waals surface area contributed by atoms with Crippen LogP contribution in [0.1, 0.15) is 24.0 Å². The Balaban J connectivity index is 1.76. The number of hydrogen-bond acceptors (Lipinski definition) is 2. The van der Waals surface area contributed by atoms with Crippen LogP contribution in [-0.4, -0.2) is 30.1 Å². The maximum Gasteiger partial charge on any atom is 0.0222 e. The van der Waals surface area contributed by atoms with Gasteiger partial charge in [-0.05, 0) is 43.4 Å². The van der Waals surface area contributed by atoms with Gasteiger partial charge in [0, 0.05) is 18.6 Å². The molecule has 0 saturated carbocycles. The van der Waals surface area contributed by atoms with Gasteiger partial charge in [0.25, 0.3) is 0 Å². The Hall–Kier alpha value is -0.860. The molecule has 1 aliphatic heterocycles. The first-order valence-corrected chi connectivity index (χ1v) is 6.41. The molecule has 1 saturated heterocycles. The average Bonchev–Trinajstić information content (AvgIpc) is 2.94. The summed E-state index contributed by atoms with van der Waals surface area (Å²) in [6.07, 6.45) is 5.08. The van der Waals surface area contributed by atoms with Crippen LogP contribution in [0.3, 0.4) is 0 Å². The maximum atomic E-state index is 5.86. The molecule has 1 aromatic rings. The van der Waals surface area contributed by atoms with Crippen LogP contribution in [0.25, 0.3) is 0 Å². The van der Waals surface area contributed by atoms with Gasteiger partial charge >= 0.3 is 0 Å². The lowest BCUT2D eigenvalue weighted by Crippen LogP contribution is -2.43. The van der Waals surface area contributed by atoms with Crippen LogP contribution in [0.15, 0.2) is 24.3 Å². The van der Waals surface area contributed by atoms with Gasteiger partial charge in [0.2, 0.25) is 0 Å². The third kappa shape index (κ3) is 1.66. The van der Waals surface area contributed by atoms with Crippen LogP contribution in [0.4, 0.5) is 0 Å². The number of hydrogen-bond donors (Lipinski definition) is 1. The zero-order valence-electron chi connectivity index (χ0n) is 9.73. The maximum absolute atomic E-state index is 5.86. The molecule has 2 nitrogen and oxygen atoms in total. The third-order valence-corrected chi connectivity index (χ3v) is 4.19. The molecule has 1 heterocycles. The molecular formula is C14H20N2. The normalized spacial score (nSPS) is 26.2. The molecule has 0 spiro atoms. The van der Waals surface area contributed by atoms with Crippen molar-refractivity contribution in [3.8, 4) is 0 Å². The Morgan fingerprint density at radius 3 is 2.50 bits per heavy atom. The van der Waals surface area contributed by atoms with E-state index in [1.807, 2.05) is 0 Å². The second-order valence-electron chi connectivity index (χ2n) is 5.10. The zero-order valence-corrected chi connectivity index (χ0v) is 9.73. The van der Waals surface area contributed by atoms with Gasteiger partial charge in [-0.15, -0.1) is 0 Å². The molecule has 16 heavy (non-hydrogen) atoms. The van der Waals surface area contributed by atoms with Crippen molar-refractivity contribution in [2.24, 2.45) is 5.73 Å². The van der Waals surface area contributed by atoms with Crippen molar-refractivity contribution >= 4 is 0 Å². The molecule has 2 heteroatoms. The minimum atomic E-state index is 0.638. The summed E-state index contributed by atoms with van der Waals surface area (Å²) in [4.78, 5) is 2.65. The molecule has 0 amide bonds. The van der Waals surface area contributed by atoms with E-state index in [4.69, 9.17) is 5.73 Å². The second kappa shape index (κ2) is 4.19. The van der Waals surface area contributed by atoms with E-state index in [1.54, 1.807) is 11.1 Å². The summed E-state index contributed by atoms with van der Waals surface area (Å²) in [7, 11) is 0. The van der Waals surface area contributed by atoms with E-state index in [0.717, 1.165) is 6.54 Å². The lowest BCUT2D eigenvalue weighted by molar-refractivity contribution is 0.188. The van der Waals surface area contributed by atoms with E-state index in [2.05, 4.69) is 29.2 Å². The fourth-order valence-corrected chi connectivity index (χ4v) is 3.36. The number of likely N-dealkylation sites (tertiary alicyclic amines) is 1. The summed E-state index contributed by atoms with van der Waals surface area (Å²) >= 11 is 0. The van der Waals surface area contributed by atoms with Crippen LogP contribution in [-0.2, 0) is 12.8 Å². The lowest BCUT2D eigenvalue weighted by Gasteiger charge is -2.29. The number of nitrogens with zero attached hydrogens (tertiary/aromatic N) is 1. The van der Waals surface area contributed by atoms with E-state index in [1.165, 1.54) is 32.2 Å². The highest BCUT2D eigenvalue weighted by Gasteiger charge is 2.33. The highest BCUT2D eigenvalue weighted by atomic mass is 15.2. The monoisotopic (exact) mass is 216 g/mol. The topological polar surface area (TPSA) is 29.3 Å².